The number of phenols is 1. The molecule has 25 heteroatoms. The molecule has 4 aliphatic rings. The number of hydrogen-bond donors (Lipinski definition) is 9. The van der Waals surface area contributed by atoms with E-state index in [9.17, 15) is 67.1 Å². The largest absolute Gasteiger partial charge is 0.586 e. The number of amides is 3. The number of aromatic nitrogens is 3. The van der Waals surface area contributed by atoms with Gasteiger partial charge in [0.1, 0.15) is 17.1 Å². The van der Waals surface area contributed by atoms with Crippen molar-refractivity contribution in [2.75, 3.05) is 29.2 Å². The van der Waals surface area contributed by atoms with Crippen LogP contribution in [0.25, 0.3) is 33.1 Å². The third-order valence-corrected chi connectivity index (χ3v) is 18.0. The zero-order valence-corrected chi connectivity index (χ0v) is 55.4. The third-order valence-electron chi connectivity index (χ3n) is 18.0. The van der Waals surface area contributed by atoms with Gasteiger partial charge in [-0.05, 0) is 144 Å². The van der Waals surface area contributed by atoms with Crippen molar-refractivity contribution in [2.24, 2.45) is 0 Å². The molecule has 3 aromatic heterocycles. The van der Waals surface area contributed by atoms with E-state index in [1.165, 1.54) is 59.3 Å². The van der Waals surface area contributed by atoms with Crippen LogP contribution >= 0.6 is 0 Å². The van der Waals surface area contributed by atoms with Crippen molar-refractivity contribution in [3.8, 4) is 40.0 Å². The average Bonchev–Trinajstić information content (AvgIpc) is 1.61. The van der Waals surface area contributed by atoms with E-state index in [0.29, 0.717) is 81.6 Å². The van der Waals surface area contributed by atoms with E-state index in [0.717, 1.165) is 16.7 Å². The normalized spacial score (nSPS) is 16.0. The van der Waals surface area contributed by atoms with Crippen molar-refractivity contribution < 1.29 is 85.6 Å². The number of aliphatic hydroxyl groups excluding tert-OH is 3. The highest BCUT2D eigenvalue weighted by Crippen LogP contribution is 2.54. The summed E-state index contributed by atoms with van der Waals surface area (Å²) in [6.07, 6.45) is -5.27. The lowest BCUT2D eigenvalue weighted by atomic mass is 9.79. The minimum absolute atomic E-state index is 0.0305. The lowest BCUT2D eigenvalue weighted by Gasteiger charge is -2.28. The monoisotopic (exact) mass is 1360 g/mol. The second kappa shape index (κ2) is 25.8. The number of hydrogen-bond acceptors (Lipinski definition) is 14. The van der Waals surface area contributed by atoms with Crippen LogP contribution in [-0.2, 0) is 43.2 Å². The lowest BCUT2D eigenvalue weighted by Crippen LogP contribution is -2.30. The molecule has 0 saturated heterocycles. The number of nitrogens with one attached hydrogen (secondary N) is 4. The van der Waals surface area contributed by atoms with Crippen molar-refractivity contribution in [1.82, 2.24) is 14.5 Å². The Hall–Kier alpha value is -10.4. The minimum atomic E-state index is -3.78. The number of nitrogens with zero attached hydrogens (tertiary/aromatic N) is 2. The maximum Gasteiger partial charge on any atom is 0.586 e. The van der Waals surface area contributed by atoms with Crippen molar-refractivity contribution in [3.63, 3.8) is 0 Å². The van der Waals surface area contributed by atoms with Gasteiger partial charge in [-0.15, -0.1) is 17.6 Å². The molecule has 6 aromatic carbocycles. The van der Waals surface area contributed by atoms with Crippen LogP contribution in [-0.4, -0.2) is 95.7 Å². The summed E-state index contributed by atoms with van der Waals surface area (Å²) in [5.74, 6) is -3.16. The fourth-order valence-electron chi connectivity index (χ4n) is 12.2. The van der Waals surface area contributed by atoms with Crippen LogP contribution < -0.4 is 40.3 Å². The summed E-state index contributed by atoms with van der Waals surface area (Å²) in [5.41, 5.74) is 3.06. The molecule has 9 N–H and O–H groups in total. The average molecular weight is 1370 g/mol. The van der Waals surface area contributed by atoms with E-state index in [1.54, 1.807) is 80.6 Å². The second-order valence-corrected chi connectivity index (χ2v) is 27.8. The number of anilines is 3. The number of carbonyl (C=O) groups is 4. The van der Waals surface area contributed by atoms with E-state index < -0.39 is 65.1 Å². The first kappa shape index (κ1) is 70.0. The summed E-state index contributed by atoms with van der Waals surface area (Å²) < 4.78 is 88.8. The number of rotatable bonds is 15. The summed E-state index contributed by atoms with van der Waals surface area (Å²) in [4.78, 5) is 71.0. The molecule has 0 unspecified atom stereocenters. The molecule has 5 heterocycles. The molecule has 99 heavy (non-hydrogen) atoms. The van der Waals surface area contributed by atoms with Crippen LogP contribution in [0.5, 0.6) is 28.7 Å². The number of para-hydroxylation sites is 1. The van der Waals surface area contributed by atoms with Gasteiger partial charge in [0.05, 0.1) is 59.2 Å². The molecule has 1 atom stereocenters. The molecule has 0 radical (unpaired) electrons. The predicted octanol–water partition coefficient (Wildman–Crippen LogP) is 13.2. The van der Waals surface area contributed by atoms with Gasteiger partial charge in [0.25, 0.3) is 5.91 Å². The number of halogens is 5. The fraction of sp³-hybridized carbons (Fsp3) is 0.324. The minimum Gasteiger partial charge on any atom is -0.508 e. The summed E-state index contributed by atoms with van der Waals surface area (Å²) in [6.45, 7) is 16.7. The number of H-pyrrole nitrogens is 1. The number of benzene rings is 6. The van der Waals surface area contributed by atoms with Gasteiger partial charge >= 0.3 is 18.6 Å². The van der Waals surface area contributed by atoms with Gasteiger partial charge in [-0.1, -0.05) is 104 Å². The number of carboxylic acids is 1. The Bertz CT molecular complexity index is 4780. The van der Waals surface area contributed by atoms with Crippen molar-refractivity contribution in [2.45, 2.75) is 140 Å². The number of aliphatic hydroxyl groups is 3. The molecule has 0 spiro atoms. The van der Waals surface area contributed by atoms with Crippen LogP contribution in [0.15, 0.2) is 138 Å². The van der Waals surface area contributed by atoms with Crippen LogP contribution in [0.3, 0.4) is 0 Å². The molecule has 0 bridgehead atoms. The fourth-order valence-corrected chi connectivity index (χ4v) is 12.2. The van der Waals surface area contributed by atoms with Gasteiger partial charge in [-0.25, -0.2) is 14.2 Å². The van der Waals surface area contributed by atoms with Gasteiger partial charge in [-0.3, -0.25) is 19.2 Å². The molecule has 3 amide bonds. The molecule has 20 nitrogen and oxygen atoms in total. The Morgan fingerprint density at radius 2 is 1.25 bits per heavy atom. The van der Waals surface area contributed by atoms with E-state index in [1.807, 2.05) is 60.6 Å². The van der Waals surface area contributed by atoms with E-state index >= 15 is 4.39 Å². The van der Waals surface area contributed by atoms with Gasteiger partial charge in [-0.2, -0.15) is 0 Å². The Morgan fingerprint density at radius 3 is 1.82 bits per heavy atom. The molecule has 2 saturated carbocycles. The molecule has 2 aliphatic carbocycles. The topological polar surface area (TPSA) is 293 Å². The summed E-state index contributed by atoms with van der Waals surface area (Å²) in [5, 5.41) is 58.4. The number of aromatic amines is 1. The highest BCUT2D eigenvalue weighted by atomic mass is 19.3. The summed E-state index contributed by atoms with van der Waals surface area (Å²) in [6, 6.07) is 33.7. The van der Waals surface area contributed by atoms with E-state index in [2.05, 4.69) is 44.9 Å². The molecule has 13 rings (SSSR count). The van der Waals surface area contributed by atoms with E-state index in [-0.39, 0.29) is 86.4 Å². The highest BCUT2D eigenvalue weighted by Gasteiger charge is 2.54. The SMILES string of the molecule is CC(C)(C)c1cc(C(C)(C)C)c(NC(=O)c2c[nH]c3ccccc3c2=O)cc1O.CC(C)(CO)c1cc2ccc(NC(=O)C3(c4ccc5c(c4)OC(F)(F)O5)CC3)c(F)c2n1C[C@H](O)CO.Cc1ccc(NC(=O)C2(c3ccc4c(c3)OC(F)(F)O4)CC2)nc1-c1cccc(C(=O)O)c1. The number of aromatic hydroxyl groups is 1. The van der Waals surface area contributed by atoms with E-state index in [4.69, 9.17) is 0 Å². The molecule has 2 aliphatic heterocycles. The smallest absolute Gasteiger partial charge is 0.508 e. The first-order valence-corrected chi connectivity index (χ1v) is 31.7. The zero-order valence-electron chi connectivity index (χ0n) is 55.4. The summed E-state index contributed by atoms with van der Waals surface area (Å²) in [7, 11) is 0. The number of aryl methyl sites for hydroxylation is 1. The quantitative estimate of drug-likeness (QED) is 0.0431. The Morgan fingerprint density at radius 1 is 0.667 bits per heavy atom. The number of alkyl halides is 4. The van der Waals surface area contributed by atoms with Crippen LogP contribution in [0, 0.1) is 12.7 Å². The number of carboxylic acid groups (broad SMARTS) is 1. The Kier molecular flexibility index (Phi) is 18.2. The Labute approximate surface area is 564 Å². The first-order chi connectivity index (χ1) is 46.5. The third kappa shape index (κ3) is 14.2. The number of ether oxygens (including phenoxy) is 4. The van der Waals surface area contributed by atoms with Crippen molar-refractivity contribution in [3.05, 3.63) is 194 Å². The number of fused-ring (bicyclic) bond motifs is 4. The molecule has 2 fully saturated rings. The van der Waals surface area contributed by atoms with Gasteiger partial charge < -0.3 is 70.0 Å². The maximum atomic E-state index is 15.9. The van der Waals surface area contributed by atoms with Crippen molar-refractivity contribution in [1.29, 1.82) is 0 Å². The summed E-state index contributed by atoms with van der Waals surface area (Å²) >= 11 is 0. The lowest BCUT2D eigenvalue weighted by molar-refractivity contribution is -0.287. The van der Waals surface area contributed by atoms with Gasteiger partial charge in [0, 0.05) is 50.9 Å². The zero-order chi connectivity index (χ0) is 71.7. The van der Waals surface area contributed by atoms with Gasteiger partial charge in [0.15, 0.2) is 28.8 Å². The molecule has 9 aromatic rings. The standard InChI is InChI=1S/C26H27F3N2O6.C24H18F2N2O5.C24H28N2O3/c1-24(2,13-33)20-9-14-3-5-17(21(27)22(14)31(20)11-16(34)12-32)30-23(35)25(7-8-25)15-4-6-18-19(10-15)37-26(28,29)36-18;1-13-5-8-19(27-20(13)14-3-2-4-15(11-14)21(29)30)28-22(31)23(9-10-23)16-6-7-17-18(12-16)33-24(25,26)32-17;1-23(2,3)16-11-17(24(4,5)6)20(27)12-19(16)26-22(29)15-13-25-18-10-8-7-9-14(18)21(15)28/h3-6,9-10,16,32-34H,7-8,11-13H2,1-2H3,(H,30,35);2-8,11-12H,9-10H2,1H3,(H,29,30)(H,27,28,31);7-13,27H,1-6H3,(H,25,28)(H,26,29)/t16-;;/m0../s1. The number of carbonyl (C=O) groups excluding carboxylic acids is 3. The van der Waals surface area contributed by atoms with Crippen LogP contribution in [0.1, 0.15) is 135 Å². The van der Waals surface area contributed by atoms with Gasteiger partial charge in [0.2, 0.25) is 17.2 Å². The number of phenolic OH excluding ortho intramolecular Hbond substituents is 1. The predicted molar refractivity (Wildman–Crippen MR) is 359 cm³/mol. The first-order valence-electron chi connectivity index (χ1n) is 31.7. The van der Waals surface area contributed by atoms with Crippen molar-refractivity contribution >= 4 is 62.7 Å². The number of aromatic carboxylic acids is 1. The van der Waals surface area contributed by atoms with Crippen LogP contribution in [0.4, 0.5) is 39.1 Å². The highest BCUT2D eigenvalue weighted by molar-refractivity contribution is 6.07. The second-order valence-electron chi connectivity index (χ2n) is 27.8. The maximum absolute atomic E-state index is 15.9. The molecule has 518 valence electrons. The molecular formula is C74H73F5N6O14. The Balaban J connectivity index is 0.000000151. The molecular weight excluding hydrogens is 1290 g/mol. The number of pyridine rings is 2. The van der Waals surface area contributed by atoms with Crippen LogP contribution in [0.2, 0.25) is 0 Å².